The third kappa shape index (κ3) is 2.81. The van der Waals surface area contributed by atoms with Crippen molar-refractivity contribution in [2.45, 2.75) is 31.6 Å². The van der Waals surface area contributed by atoms with E-state index in [9.17, 15) is 9.90 Å². The average molecular weight is 306 g/mol. The Hall–Kier alpha value is -1.81. The molecule has 0 bridgehead atoms. The van der Waals surface area contributed by atoms with E-state index in [4.69, 9.17) is 16.7 Å². The number of carbonyl (C=O) groups is 1. The Morgan fingerprint density at radius 3 is 2.57 bits per heavy atom. The molecule has 0 spiro atoms. The molecule has 1 aliphatic rings. The lowest BCUT2D eigenvalue weighted by Gasteiger charge is -2.26. The van der Waals surface area contributed by atoms with Crippen molar-refractivity contribution in [3.8, 4) is 5.75 Å². The molecular formula is C16H16ClNO3. The van der Waals surface area contributed by atoms with Crippen molar-refractivity contribution in [3.63, 3.8) is 0 Å². The summed E-state index contributed by atoms with van der Waals surface area (Å²) >= 11 is 6.33. The number of benzene rings is 1. The summed E-state index contributed by atoms with van der Waals surface area (Å²) in [5, 5.41) is 19.9. The Labute approximate surface area is 127 Å². The molecular weight excluding hydrogens is 290 g/mol. The molecule has 2 N–H and O–H groups in total. The van der Waals surface area contributed by atoms with Crippen molar-refractivity contribution in [1.82, 2.24) is 4.98 Å². The molecule has 0 amide bonds. The highest BCUT2D eigenvalue weighted by Crippen LogP contribution is 2.38. The number of hydrogen-bond acceptors (Lipinski definition) is 3. The number of pyridine rings is 1. The van der Waals surface area contributed by atoms with Gasteiger partial charge in [-0.2, -0.15) is 0 Å². The van der Waals surface area contributed by atoms with Crippen LogP contribution in [0, 0.1) is 5.92 Å². The zero-order valence-corrected chi connectivity index (χ0v) is 12.2. The Bertz CT molecular complexity index is 693. The van der Waals surface area contributed by atoms with Crippen molar-refractivity contribution < 1.29 is 15.0 Å². The summed E-state index contributed by atoms with van der Waals surface area (Å²) < 4.78 is 0. The number of phenols is 1. The number of aromatic nitrogens is 1. The second-order valence-corrected chi connectivity index (χ2v) is 6.03. The van der Waals surface area contributed by atoms with E-state index >= 15 is 0 Å². The molecule has 2 aromatic rings. The number of carboxylic acids is 1. The van der Waals surface area contributed by atoms with E-state index in [2.05, 4.69) is 4.98 Å². The lowest BCUT2D eigenvalue weighted by atomic mass is 9.80. The van der Waals surface area contributed by atoms with Gasteiger partial charge in [-0.05, 0) is 49.9 Å². The quantitative estimate of drug-likeness (QED) is 0.881. The summed E-state index contributed by atoms with van der Waals surface area (Å²) in [6, 6.07) is 6.84. The van der Waals surface area contributed by atoms with Gasteiger partial charge in [-0.25, -0.2) is 0 Å². The number of aromatic hydroxyl groups is 1. The Morgan fingerprint density at radius 2 is 1.90 bits per heavy atom. The highest BCUT2D eigenvalue weighted by Gasteiger charge is 2.28. The number of nitrogens with zero attached hydrogens (tertiary/aromatic N) is 1. The number of halogens is 1. The van der Waals surface area contributed by atoms with Crippen molar-refractivity contribution in [2.75, 3.05) is 0 Å². The molecule has 0 aliphatic heterocycles. The number of rotatable bonds is 2. The standard InChI is InChI=1S/C16H16ClNO3/c17-13-8-11-7-12(19)5-6-14(11)18-15(13)9-1-3-10(4-2-9)16(20)21/h5-10,19H,1-4H2,(H,20,21). The van der Waals surface area contributed by atoms with Crippen LogP contribution >= 0.6 is 11.6 Å². The van der Waals surface area contributed by atoms with Gasteiger partial charge in [0.05, 0.1) is 22.2 Å². The maximum absolute atomic E-state index is 11.0. The summed E-state index contributed by atoms with van der Waals surface area (Å²) in [4.78, 5) is 15.6. The van der Waals surface area contributed by atoms with Gasteiger partial charge in [-0.15, -0.1) is 0 Å². The largest absolute Gasteiger partial charge is 0.508 e. The zero-order chi connectivity index (χ0) is 15.0. The maximum Gasteiger partial charge on any atom is 0.306 e. The number of fused-ring (bicyclic) bond motifs is 1. The topological polar surface area (TPSA) is 70.4 Å². The van der Waals surface area contributed by atoms with Gasteiger partial charge in [0.25, 0.3) is 0 Å². The summed E-state index contributed by atoms with van der Waals surface area (Å²) in [7, 11) is 0. The minimum absolute atomic E-state index is 0.190. The molecule has 1 fully saturated rings. The Kier molecular flexibility index (Phi) is 3.72. The van der Waals surface area contributed by atoms with Crippen LogP contribution in [-0.2, 0) is 4.79 Å². The minimum atomic E-state index is -0.707. The molecule has 4 nitrogen and oxygen atoms in total. The fourth-order valence-electron chi connectivity index (χ4n) is 3.05. The molecule has 1 aliphatic carbocycles. The Balaban J connectivity index is 1.89. The molecule has 0 atom stereocenters. The summed E-state index contributed by atoms with van der Waals surface area (Å²) in [6.45, 7) is 0. The smallest absolute Gasteiger partial charge is 0.306 e. The van der Waals surface area contributed by atoms with Crippen molar-refractivity contribution in [3.05, 3.63) is 35.0 Å². The molecule has 5 heteroatoms. The van der Waals surface area contributed by atoms with E-state index < -0.39 is 5.97 Å². The fourth-order valence-corrected chi connectivity index (χ4v) is 3.37. The maximum atomic E-state index is 11.0. The molecule has 3 rings (SSSR count). The van der Waals surface area contributed by atoms with E-state index in [0.29, 0.717) is 17.9 Å². The van der Waals surface area contributed by atoms with Crippen LogP contribution in [0.5, 0.6) is 5.75 Å². The molecule has 1 saturated carbocycles. The van der Waals surface area contributed by atoms with Crippen LogP contribution in [-0.4, -0.2) is 21.2 Å². The van der Waals surface area contributed by atoms with Crippen LogP contribution < -0.4 is 0 Å². The van der Waals surface area contributed by atoms with Crippen LogP contribution in [0.2, 0.25) is 5.02 Å². The van der Waals surface area contributed by atoms with Crippen LogP contribution in [0.15, 0.2) is 24.3 Å². The van der Waals surface area contributed by atoms with Gasteiger partial charge < -0.3 is 10.2 Å². The van der Waals surface area contributed by atoms with Gasteiger partial charge in [0.1, 0.15) is 5.75 Å². The molecule has 110 valence electrons. The molecule has 21 heavy (non-hydrogen) atoms. The normalized spacial score (nSPS) is 22.3. The first-order chi connectivity index (χ1) is 10.0. The molecule has 1 aromatic heterocycles. The predicted octanol–water partition coefficient (Wildman–Crippen LogP) is 3.95. The van der Waals surface area contributed by atoms with E-state index in [0.717, 1.165) is 29.4 Å². The van der Waals surface area contributed by atoms with Gasteiger partial charge in [0.15, 0.2) is 0 Å². The van der Waals surface area contributed by atoms with E-state index in [1.54, 1.807) is 18.2 Å². The van der Waals surface area contributed by atoms with Crippen LogP contribution in [0.4, 0.5) is 0 Å². The highest BCUT2D eigenvalue weighted by molar-refractivity contribution is 6.31. The van der Waals surface area contributed by atoms with Crippen LogP contribution in [0.1, 0.15) is 37.3 Å². The summed E-state index contributed by atoms with van der Waals surface area (Å²) in [6.07, 6.45) is 2.94. The molecule has 0 saturated heterocycles. The van der Waals surface area contributed by atoms with Gasteiger partial charge in [0, 0.05) is 11.3 Å². The number of aliphatic carboxylic acids is 1. The minimum Gasteiger partial charge on any atom is -0.508 e. The fraction of sp³-hybridized carbons (Fsp3) is 0.375. The first-order valence-corrected chi connectivity index (χ1v) is 7.44. The third-order valence-corrected chi connectivity index (χ3v) is 4.54. The summed E-state index contributed by atoms with van der Waals surface area (Å²) in [5.41, 5.74) is 1.64. The number of phenolic OH excluding ortho intramolecular Hbond substituents is 1. The lowest BCUT2D eigenvalue weighted by Crippen LogP contribution is -2.21. The van der Waals surface area contributed by atoms with E-state index in [-0.39, 0.29) is 17.6 Å². The van der Waals surface area contributed by atoms with Gasteiger partial charge in [-0.1, -0.05) is 11.6 Å². The van der Waals surface area contributed by atoms with Gasteiger partial charge in [-0.3, -0.25) is 9.78 Å². The van der Waals surface area contributed by atoms with Gasteiger partial charge in [0.2, 0.25) is 0 Å². The van der Waals surface area contributed by atoms with E-state index in [1.807, 2.05) is 6.07 Å². The molecule has 1 aromatic carbocycles. The van der Waals surface area contributed by atoms with Gasteiger partial charge >= 0.3 is 5.97 Å². The summed E-state index contributed by atoms with van der Waals surface area (Å²) in [5.74, 6) is -0.541. The first kappa shape index (κ1) is 14.1. The predicted molar refractivity (Wildman–Crippen MR) is 80.8 cm³/mol. The second kappa shape index (κ2) is 5.53. The third-order valence-electron chi connectivity index (χ3n) is 4.24. The lowest BCUT2D eigenvalue weighted by molar-refractivity contribution is -0.142. The zero-order valence-electron chi connectivity index (χ0n) is 11.4. The first-order valence-electron chi connectivity index (χ1n) is 7.06. The SMILES string of the molecule is O=C(O)C1CCC(c2nc3ccc(O)cc3cc2Cl)CC1. The highest BCUT2D eigenvalue weighted by atomic mass is 35.5. The molecule has 0 unspecified atom stereocenters. The van der Waals surface area contributed by atoms with Crippen LogP contribution in [0.3, 0.4) is 0 Å². The van der Waals surface area contributed by atoms with Crippen molar-refractivity contribution >= 4 is 28.5 Å². The molecule has 0 radical (unpaired) electrons. The van der Waals surface area contributed by atoms with E-state index in [1.165, 1.54) is 0 Å². The second-order valence-electron chi connectivity index (χ2n) is 5.62. The van der Waals surface area contributed by atoms with Crippen molar-refractivity contribution in [1.29, 1.82) is 0 Å². The van der Waals surface area contributed by atoms with Crippen molar-refractivity contribution in [2.24, 2.45) is 5.92 Å². The Morgan fingerprint density at radius 1 is 1.19 bits per heavy atom. The molecule has 1 heterocycles. The average Bonchev–Trinajstić information content (AvgIpc) is 2.46. The number of hydrogen-bond donors (Lipinski definition) is 2. The number of carboxylic acid groups (broad SMARTS) is 1. The monoisotopic (exact) mass is 305 g/mol. The van der Waals surface area contributed by atoms with Crippen LogP contribution in [0.25, 0.3) is 10.9 Å².